The van der Waals surface area contributed by atoms with E-state index in [0.717, 1.165) is 0 Å². The Labute approximate surface area is 118 Å². The highest BCUT2D eigenvalue weighted by molar-refractivity contribution is 9.10. The molecule has 0 saturated carbocycles. The first kappa shape index (κ1) is 16.1. The van der Waals surface area contributed by atoms with Gasteiger partial charge in [-0.1, -0.05) is 0 Å². The van der Waals surface area contributed by atoms with Gasteiger partial charge < -0.3 is 14.8 Å². The third kappa shape index (κ3) is 6.15. The van der Waals surface area contributed by atoms with Crippen LogP contribution in [-0.4, -0.2) is 25.6 Å². The second-order valence-electron chi connectivity index (χ2n) is 3.90. The SMILES string of the molecule is CCOCC(C)Nc1ccc(OC(F)(F)F)c(Br)c1. The number of hydrogen-bond donors (Lipinski definition) is 1. The summed E-state index contributed by atoms with van der Waals surface area (Å²) < 4.78 is 45.6. The molecule has 0 spiro atoms. The van der Waals surface area contributed by atoms with Crippen LogP contribution in [0.25, 0.3) is 0 Å². The normalized spacial score (nSPS) is 13.2. The lowest BCUT2D eigenvalue weighted by Gasteiger charge is -2.16. The molecule has 0 saturated heterocycles. The van der Waals surface area contributed by atoms with Crippen molar-refractivity contribution in [3.63, 3.8) is 0 Å². The van der Waals surface area contributed by atoms with Crippen LogP contribution in [0.15, 0.2) is 22.7 Å². The Morgan fingerprint density at radius 1 is 1.37 bits per heavy atom. The number of ether oxygens (including phenoxy) is 2. The van der Waals surface area contributed by atoms with E-state index in [9.17, 15) is 13.2 Å². The average molecular weight is 342 g/mol. The van der Waals surface area contributed by atoms with Crippen molar-refractivity contribution in [3.05, 3.63) is 22.7 Å². The maximum Gasteiger partial charge on any atom is 0.573 e. The molecule has 1 atom stereocenters. The average Bonchev–Trinajstić information content (AvgIpc) is 2.28. The molecule has 0 aliphatic carbocycles. The number of anilines is 1. The van der Waals surface area contributed by atoms with Gasteiger partial charge >= 0.3 is 6.36 Å². The fourth-order valence-electron chi connectivity index (χ4n) is 1.42. The molecule has 0 aromatic heterocycles. The van der Waals surface area contributed by atoms with Crippen molar-refractivity contribution in [3.8, 4) is 5.75 Å². The van der Waals surface area contributed by atoms with Gasteiger partial charge in [0.05, 0.1) is 11.1 Å². The first-order valence-electron chi connectivity index (χ1n) is 5.71. The zero-order valence-corrected chi connectivity index (χ0v) is 12.1. The molecule has 0 heterocycles. The van der Waals surface area contributed by atoms with Gasteiger partial charge in [-0.25, -0.2) is 0 Å². The zero-order valence-electron chi connectivity index (χ0n) is 10.6. The van der Waals surface area contributed by atoms with Crippen LogP contribution < -0.4 is 10.1 Å². The number of benzene rings is 1. The van der Waals surface area contributed by atoms with Crippen molar-refractivity contribution >= 4 is 21.6 Å². The summed E-state index contributed by atoms with van der Waals surface area (Å²) in [6.45, 7) is 4.96. The second kappa shape index (κ2) is 7.00. The lowest BCUT2D eigenvalue weighted by molar-refractivity contribution is -0.274. The van der Waals surface area contributed by atoms with Gasteiger partial charge in [-0.15, -0.1) is 13.2 Å². The molecule has 1 unspecified atom stereocenters. The highest BCUT2D eigenvalue weighted by Crippen LogP contribution is 2.32. The summed E-state index contributed by atoms with van der Waals surface area (Å²) in [5, 5.41) is 3.12. The molecule has 19 heavy (non-hydrogen) atoms. The molecule has 0 amide bonds. The van der Waals surface area contributed by atoms with Crippen LogP contribution in [0.1, 0.15) is 13.8 Å². The topological polar surface area (TPSA) is 30.5 Å². The lowest BCUT2D eigenvalue weighted by Crippen LogP contribution is -2.21. The Bertz CT molecular complexity index is 412. The quantitative estimate of drug-likeness (QED) is 0.841. The number of rotatable bonds is 6. The Balaban J connectivity index is 2.66. The van der Waals surface area contributed by atoms with E-state index in [-0.39, 0.29) is 16.3 Å². The Morgan fingerprint density at radius 2 is 2.05 bits per heavy atom. The van der Waals surface area contributed by atoms with E-state index in [2.05, 4.69) is 26.0 Å². The first-order chi connectivity index (χ1) is 8.81. The molecule has 1 rings (SSSR count). The van der Waals surface area contributed by atoms with Gasteiger partial charge in [0.2, 0.25) is 0 Å². The monoisotopic (exact) mass is 341 g/mol. The zero-order chi connectivity index (χ0) is 14.5. The van der Waals surface area contributed by atoms with Gasteiger partial charge in [0, 0.05) is 18.3 Å². The fourth-order valence-corrected chi connectivity index (χ4v) is 1.88. The van der Waals surface area contributed by atoms with Crippen molar-refractivity contribution < 1.29 is 22.6 Å². The lowest BCUT2D eigenvalue weighted by atomic mass is 10.2. The van der Waals surface area contributed by atoms with Gasteiger partial charge in [-0.3, -0.25) is 0 Å². The molecule has 1 aromatic rings. The van der Waals surface area contributed by atoms with Crippen LogP contribution in [0.5, 0.6) is 5.75 Å². The predicted molar refractivity (Wildman–Crippen MR) is 70.4 cm³/mol. The minimum Gasteiger partial charge on any atom is -0.405 e. The van der Waals surface area contributed by atoms with Crippen LogP contribution in [0, 0.1) is 0 Å². The molecule has 1 aromatic carbocycles. The summed E-state index contributed by atoms with van der Waals surface area (Å²) in [6.07, 6.45) is -4.69. The molecule has 1 N–H and O–H groups in total. The number of halogens is 4. The third-order valence-corrected chi connectivity index (χ3v) is 2.76. The summed E-state index contributed by atoms with van der Waals surface area (Å²) in [5.41, 5.74) is 0.689. The third-order valence-electron chi connectivity index (χ3n) is 2.14. The Hall–Kier alpha value is -0.950. The predicted octanol–water partition coefficient (Wildman–Crippen LogP) is 4.18. The smallest absolute Gasteiger partial charge is 0.405 e. The minimum atomic E-state index is -4.69. The molecule has 0 aliphatic heterocycles. The van der Waals surface area contributed by atoms with Gasteiger partial charge in [-0.2, -0.15) is 0 Å². The van der Waals surface area contributed by atoms with Crippen molar-refractivity contribution in [1.82, 2.24) is 0 Å². The van der Waals surface area contributed by atoms with E-state index < -0.39 is 6.36 Å². The number of hydrogen-bond acceptors (Lipinski definition) is 3. The van der Waals surface area contributed by atoms with Crippen LogP contribution in [-0.2, 0) is 4.74 Å². The molecular weight excluding hydrogens is 327 g/mol. The van der Waals surface area contributed by atoms with Crippen LogP contribution in [0.2, 0.25) is 0 Å². The minimum absolute atomic E-state index is 0.0567. The van der Waals surface area contributed by atoms with E-state index in [4.69, 9.17) is 4.74 Å². The molecule has 0 radical (unpaired) electrons. The van der Waals surface area contributed by atoms with E-state index in [1.807, 2.05) is 13.8 Å². The van der Waals surface area contributed by atoms with Crippen LogP contribution in [0.4, 0.5) is 18.9 Å². The second-order valence-corrected chi connectivity index (χ2v) is 4.75. The highest BCUT2D eigenvalue weighted by atomic mass is 79.9. The Kier molecular flexibility index (Phi) is 5.93. The molecule has 3 nitrogen and oxygen atoms in total. The van der Waals surface area contributed by atoms with Crippen molar-refractivity contribution in [2.24, 2.45) is 0 Å². The van der Waals surface area contributed by atoms with E-state index in [0.29, 0.717) is 18.9 Å². The molecule has 0 fully saturated rings. The maximum absolute atomic E-state index is 12.1. The maximum atomic E-state index is 12.1. The molecule has 7 heteroatoms. The Morgan fingerprint density at radius 3 is 2.58 bits per heavy atom. The highest BCUT2D eigenvalue weighted by Gasteiger charge is 2.31. The molecular formula is C12H15BrF3NO2. The van der Waals surface area contributed by atoms with E-state index >= 15 is 0 Å². The van der Waals surface area contributed by atoms with Gasteiger partial charge in [0.1, 0.15) is 5.75 Å². The van der Waals surface area contributed by atoms with Crippen LogP contribution >= 0.6 is 15.9 Å². The summed E-state index contributed by atoms with van der Waals surface area (Å²) in [4.78, 5) is 0. The van der Waals surface area contributed by atoms with Crippen molar-refractivity contribution in [1.29, 1.82) is 0 Å². The molecule has 108 valence electrons. The molecule has 0 aliphatic rings. The molecule has 0 bridgehead atoms. The van der Waals surface area contributed by atoms with Crippen molar-refractivity contribution in [2.45, 2.75) is 26.3 Å². The van der Waals surface area contributed by atoms with E-state index in [1.54, 1.807) is 0 Å². The first-order valence-corrected chi connectivity index (χ1v) is 6.50. The summed E-state index contributed by atoms with van der Waals surface area (Å²) in [6, 6.07) is 4.37. The fraction of sp³-hybridized carbons (Fsp3) is 0.500. The van der Waals surface area contributed by atoms with Crippen molar-refractivity contribution in [2.75, 3.05) is 18.5 Å². The summed E-state index contributed by atoms with van der Waals surface area (Å²) >= 11 is 3.05. The van der Waals surface area contributed by atoms with E-state index in [1.165, 1.54) is 18.2 Å². The number of alkyl halides is 3. The van der Waals surface area contributed by atoms with Gasteiger partial charge in [0.15, 0.2) is 0 Å². The van der Waals surface area contributed by atoms with Gasteiger partial charge in [0.25, 0.3) is 0 Å². The summed E-state index contributed by atoms with van der Waals surface area (Å²) in [5.74, 6) is -0.268. The number of nitrogens with one attached hydrogen (secondary N) is 1. The summed E-state index contributed by atoms with van der Waals surface area (Å²) in [7, 11) is 0. The standard InChI is InChI=1S/C12H15BrF3NO2/c1-3-18-7-8(2)17-9-4-5-11(10(13)6-9)19-12(14,15)16/h4-6,8,17H,3,7H2,1-2H3. The van der Waals surface area contributed by atoms with Crippen LogP contribution in [0.3, 0.4) is 0 Å². The van der Waals surface area contributed by atoms with Gasteiger partial charge in [-0.05, 0) is 48.0 Å². The largest absolute Gasteiger partial charge is 0.573 e.